The van der Waals surface area contributed by atoms with Crippen molar-refractivity contribution < 1.29 is 23.9 Å². The Hall–Kier alpha value is -3.13. The lowest BCUT2D eigenvalue weighted by molar-refractivity contribution is -0.149. The lowest BCUT2D eigenvalue weighted by atomic mass is 9.85. The first-order valence-electron chi connectivity index (χ1n) is 13.2. The summed E-state index contributed by atoms with van der Waals surface area (Å²) in [5.41, 5.74) is 3.01. The fraction of sp³-hybridized carbons (Fsp3) is 0.552. The minimum absolute atomic E-state index is 0.0181. The second kappa shape index (κ2) is 12.4. The standard InChI is InChI=1S/C29H41N3O5/c1-7-16-32-23(19-31-17-14-21(15-18-31)26(33)36-8-2)24(27(34)37-9-3)25(30-28(32)35)20-10-12-22(13-11-20)29(4,5)6/h7,10-13,21,25H,1,8-9,14-19H2,2-6H3,(H,30,35). The molecule has 2 heterocycles. The number of hydrogen-bond donors (Lipinski definition) is 1. The summed E-state index contributed by atoms with van der Waals surface area (Å²) in [7, 11) is 0. The molecular formula is C29H41N3O5. The Kier molecular flexibility index (Phi) is 9.54. The third kappa shape index (κ3) is 6.80. The van der Waals surface area contributed by atoms with E-state index in [4.69, 9.17) is 9.47 Å². The van der Waals surface area contributed by atoms with Crippen LogP contribution < -0.4 is 5.32 Å². The number of carbonyl (C=O) groups excluding carboxylic acids is 3. The summed E-state index contributed by atoms with van der Waals surface area (Å²) in [5.74, 6) is -0.724. The maximum absolute atomic E-state index is 13.4. The van der Waals surface area contributed by atoms with Crippen LogP contribution in [0.3, 0.4) is 0 Å². The predicted octanol–water partition coefficient (Wildman–Crippen LogP) is 4.33. The lowest BCUT2D eigenvalue weighted by Gasteiger charge is -2.39. The number of ether oxygens (including phenoxy) is 2. The van der Waals surface area contributed by atoms with Gasteiger partial charge in [-0.05, 0) is 56.3 Å². The van der Waals surface area contributed by atoms with Gasteiger partial charge in [-0.2, -0.15) is 0 Å². The van der Waals surface area contributed by atoms with Crippen molar-refractivity contribution in [3.8, 4) is 0 Å². The molecule has 1 aromatic rings. The van der Waals surface area contributed by atoms with Gasteiger partial charge in [0.05, 0.1) is 30.7 Å². The predicted molar refractivity (Wildman–Crippen MR) is 143 cm³/mol. The molecule has 0 spiro atoms. The average Bonchev–Trinajstić information content (AvgIpc) is 2.86. The Balaban J connectivity index is 1.98. The van der Waals surface area contributed by atoms with Crippen LogP contribution >= 0.6 is 0 Å². The van der Waals surface area contributed by atoms with Gasteiger partial charge in [0.25, 0.3) is 0 Å². The third-order valence-electron chi connectivity index (χ3n) is 6.94. The molecule has 0 aromatic heterocycles. The Bertz CT molecular complexity index is 1020. The Morgan fingerprint density at radius 1 is 1.08 bits per heavy atom. The fourth-order valence-electron chi connectivity index (χ4n) is 4.87. The van der Waals surface area contributed by atoms with Gasteiger partial charge in [0, 0.05) is 18.8 Å². The maximum Gasteiger partial charge on any atom is 0.338 e. The van der Waals surface area contributed by atoms with Gasteiger partial charge in [-0.1, -0.05) is 51.1 Å². The zero-order chi connectivity index (χ0) is 27.2. The number of carbonyl (C=O) groups is 3. The summed E-state index contributed by atoms with van der Waals surface area (Å²) in [4.78, 5) is 42.6. The van der Waals surface area contributed by atoms with Gasteiger partial charge in [-0.3, -0.25) is 14.6 Å². The molecule has 37 heavy (non-hydrogen) atoms. The lowest BCUT2D eigenvalue weighted by Crippen LogP contribution is -2.51. The van der Waals surface area contributed by atoms with E-state index in [0.717, 1.165) is 11.1 Å². The number of amides is 2. The molecule has 0 saturated carbocycles. The molecule has 1 fully saturated rings. The van der Waals surface area contributed by atoms with Crippen LogP contribution in [0.2, 0.25) is 0 Å². The molecule has 1 N–H and O–H groups in total. The van der Waals surface area contributed by atoms with E-state index in [-0.39, 0.29) is 36.5 Å². The molecule has 1 saturated heterocycles. The number of urea groups is 1. The summed E-state index contributed by atoms with van der Waals surface area (Å²) < 4.78 is 10.7. The monoisotopic (exact) mass is 511 g/mol. The number of hydrogen-bond acceptors (Lipinski definition) is 6. The first-order chi connectivity index (χ1) is 17.6. The van der Waals surface area contributed by atoms with E-state index < -0.39 is 12.0 Å². The fourth-order valence-corrected chi connectivity index (χ4v) is 4.87. The highest BCUT2D eigenvalue weighted by atomic mass is 16.5. The van der Waals surface area contributed by atoms with Crippen LogP contribution in [-0.4, -0.2) is 67.2 Å². The summed E-state index contributed by atoms with van der Waals surface area (Å²) in [6, 6.07) is 7.11. The van der Waals surface area contributed by atoms with Gasteiger partial charge in [-0.25, -0.2) is 9.59 Å². The highest BCUT2D eigenvalue weighted by molar-refractivity contribution is 5.95. The molecule has 3 rings (SSSR count). The van der Waals surface area contributed by atoms with Crippen LogP contribution in [0.1, 0.15) is 64.6 Å². The summed E-state index contributed by atoms with van der Waals surface area (Å²) in [5, 5.41) is 3.02. The van der Waals surface area contributed by atoms with E-state index in [0.29, 0.717) is 50.4 Å². The van der Waals surface area contributed by atoms with E-state index in [1.807, 2.05) is 31.2 Å². The third-order valence-corrected chi connectivity index (χ3v) is 6.94. The van der Waals surface area contributed by atoms with Crippen molar-refractivity contribution in [2.24, 2.45) is 5.92 Å². The SMILES string of the molecule is C=CCN1C(=O)NC(c2ccc(C(C)(C)C)cc2)C(C(=O)OCC)=C1CN1CCC(C(=O)OCC)CC1. The van der Waals surface area contributed by atoms with Gasteiger partial charge < -0.3 is 14.8 Å². The first kappa shape index (κ1) is 28.4. The summed E-state index contributed by atoms with van der Waals surface area (Å²) >= 11 is 0. The van der Waals surface area contributed by atoms with Gasteiger partial charge >= 0.3 is 18.0 Å². The smallest absolute Gasteiger partial charge is 0.338 e. The van der Waals surface area contributed by atoms with Crippen LogP contribution in [-0.2, 0) is 24.5 Å². The van der Waals surface area contributed by atoms with Crippen LogP contribution in [0.15, 0.2) is 48.2 Å². The van der Waals surface area contributed by atoms with Gasteiger partial charge in [0.15, 0.2) is 0 Å². The Morgan fingerprint density at radius 2 is 1.70 bits per heavy atom. The number of rotatable bonds is 9. The summed E-state index contributed by atoms with van der Waals surface area (Å²) in [6.07, 6.45) is 2.99. The van der Waals surface area contributed by atoms with Crippen LogP contribution in [0.25, 0.3) is 0 Å². The number of likely N-dealkylation sites (tertiary alicyclic amines) is 1. The van der Waals surface area contributed by atoms with Crippen molar-refractivity contribution in [2.45, 2.75) is 58.9 Å². The highest BCUT2D eigenvalue weighted by Gasteiger charge is 2.39. The quantitative estimate of drug-likeness (QED) is 0.392. The number of benzene rings is 1. The van der Waals surface area contributed by atoms with Crippen LogP contribution in [0, 0.1) is 5.92 Å². The minimum atomic E-state index is -0.631. The van der Waals surface area contributed by atoms with Gasteiger partial charge in [0.2, 0.25) is 0 Å². The van der Waals surface area contributed by atoms with E-state index >= 15 is 0 Å². The van der Waals surface area contributed by atoms with E-state index in [1.165, 1.54) is 0 Å². The van der Waals surface area contributed by atoms with E-state index in [2.05, 4.69) is 37.6 Å². The van der Waals surface area contributed by atoms with Gasteiger partial charge in [-0.15, -0.1) is 6.58 Å². The molecule has 0 bridgehead atoms. The normalized spacial score (nSPS) is 19.4. The highest BCUT2D eigenvalue weighted by Crippen LogP contribution is 2.34. The minimum Gasteiger partial charge on any atom is -0.466 e. The molecule has 2 aliphatic rings. The number of nitrogens with one attached hydrogen (secondary N) is 1. The van der Waals surface area contributed by atoms with E-state index in [9.17, 15) is 14.4 Å². The molecule has 8 nitrogen and oxygen atoms in total. The number of piperidine rings is 1. The van der Waals surface area contributed by atoms with Crippen LogP contribution in [0.4, 0.5) is 4.79 Å². The Labute approximate surface area is 220 Å². The van der Waals surface area contributed by atoms with Gasteiger partial charge in [0.1, 0.15) is 0 Å². The molecule has 1 atom stereocenters. The van der Waals surface area contributed by atoms with Crippen molar-refractivity contribution in [3.05, 3.63) is 59.3 Å². The van der Waals surface area contributed by atoms with Crippen LogP contribution in [0.5, 0.6) is 0 Å². The summed E-state index contributed by atoms with van der Waals surface area (Å²) in [6.45, 7) is 16.4. The van der Waals surface area contributed by atoms with Crippen molar-refractivity contribution >= 4 is 18.0 Å². The van der Waals surface area contributed by atoms with E-state index in [1.54, 1.807) is 17.9 Å². The molecule has 202 valence electrons. The molecule has 0 aliphatic carbocycles. The maximum atomic E-state index is 13.4. The first-order valence-corrected chi connectivity index (χ1v) is 13.2. The zero-order valence-corrected chi connectivity index (χ0v) is 22.8. The topological polar surface area (TPSA) is 88.2 Å². The molecule has 1 aromatic carbocycles. The van der Waals surface area contributed by atoms with Crippen molar-refractivity contribution in [2.75, 3.05) is 39.4 Å². The zero-order valence-electron chi connectivity index (χ0n) is 22.8. The largest absolute Gasteiger partial charge is 0.466 e. The number of nitrogens with zero attached hydrogens (tertiary/aromatic N) is 2. The van der Waals surface area contributed by atoms with Crippen molar-refractivity contribution in [1.29, 1.82) is 0 Å². The molecule has 1 unspecified atom stereocenters. The van der Waals surface area contributed by atoms with Crippen molar-refractivity contribution in [3.63, 3.8) is 0 Å². The van der Waals surface area contributed by atoms with Crippen molar-refractivity contribution in [1.82, 2.24) is 15.1 Å². The molecular weight excluding hydrogens is 470 g/mol. The number of esters is 2. The molecule has 2 amide bonds. The second-order valence-corrected chi connectivity index (χ2v) is 10.5. The average molecular weight is 512 g/mol. The molecule has 2 aliphatic heterocycles. The second-order valence-electron chi connectivity index (χ2n) is 10.5. The molecule has 0 radical (unpaired) electrons. The Morgan fingerprint density at radius 3 is 2.24 bits per heavy atom. The molecule has 8 heteroatoms.